The van der Waals surface area contributed by atoms with Crippen LogP contribution >= 0.6 is 11.3 Å². The first-order valence-corrected chi connectivity index (χ1v) is 9.13. The van der Waals surface area contributed by atoms with Crippen LogP contribution in [0.1, 0.15) is 50.7 Å². The number of rotatable bonds is 7. The van der Waals surface area contributed by atoms with Gasteiger partial charge < -0.3 is 10.2 Å². The van der Waals surface area contributed by atoms with Crippen LogP contribution in [0.2, 0.25) is 0 Å². The van der Waals surface area contributed by atoms with E-state index >= 15 is 0 Å². The van der Waals surface area contributed by atoms with Gasteiger partial charge in [-0.1, -0.05) is 20.8 Å². The van der Waals surface area contributed by atoms with Gasteiger partial charge in [0.2, 0.25) is 0 Å². The first kappa shape index (κ1) is 16.9. The average molecular weight is 310 g/mol. The molecule has 0 aromatic carbocycles. The van der Waals surface area contributed by atoms with Gasteiger partial charge in [0.05, 0.1) is 10.7 Å². The average Bonchev–Trinajstić information content (AvgIpc) is 2.92. The van der Waals surface area contributed by atoms with Crippen molar-refractivity contribution < 1.29 is 0 Å². The Morgan fingerprint density at radius 3 is 2.86 bits per heavy atom. The maximum absolute atomic E-state index is 4.58. The van der Waals surface area contributed by atoms with Gasteiger partial charge in [0.25, 0.3) is 0 Å². The molecule has 2 unspecified atom stereocenters. The van der Waals surface area contributed by atoms with Gasteiger partial charge in [0.1, 0.15) is 0 Å². The van der Waals surface area contributed by atoms with E-state index in [1.165, 1.54) is 36.5 Å². The molecule has 2 atom stereocenters. The van der Waals surface area contributed by atoms with Crippen LogP contribution in [0.25, 0.3) is 0 Å². The predicted octanol–water partition coefficient (Wildman–Crippen LogP) is 3.69. The Labute approximate surface area is 134 Å². The van der Waals surface area contributed by atoms with Crippen molar-refractivity contribution in [1.29, 1.82) is 0 Å². The van der Waals surface area contributed by atoms with Crippen molar-refractivity contribution in [3.63, 3.8) is 0 Å². The smallest absolute Gasteiger partial charge is 0.0897 e. The second-order valence-corrected chi connectivity index (χ2v) is 8.34. The molecule has 0 spiro atoms. The second-order valence-electron chi connectivity index (χ2n) is 7.27. The molecule has 0 bridgehead atoms. The Morgan fingerprint density at radius 2 is 2.24 bits per heavy atom. The summed E-state index contributed by atoms with van der Waals surface area (Å²) in [6, 6.07) is 0.650. The van der Waals surface area contributed by atoms with Crippen molar-refractivity contribution >= 4 is 11.3 Å². The van der Waals surface area contributed by atoms with E-state index in [0.717, 1.165) is 19.0 Å². The number of nitrogens with zero attached hydrogens (tertiary/aromatic N) is 2. The van der Waals surface area contributed by atoms with Crippen molar-refractivity contribution in [3.8, 4) is 0 Å². The molecular weight excluding hydrogens is 278 g/mol. The zero-order chi connectivity index (χ0) is 15.5. The molecule has 1 aliphatic rings. The minimum absolute atomic E-state index is 0.428. The van der Waals surface area contributed by atoms with Crippen LogP contribution < -0.4 is 5.32 Å². The van der Waals surface area contributed by atoms with Crippen molar-refractivity contribution in [2.45, 2.75) is 59.5 Å². The number of thiazole rings is 1. The highest BCUT2D eigenvalue weighted by Gasteiger charge is 2.41. The molecule has 1 aromatic heterocycles. The summed E-state index contributed by atoms with van der Waals surface area (Å²) in [7, 11) is 2.23. The number of hydrogen-bond donors (Lipinski definition) is 1. The summed E-state index contributed by atoms with van der Waals surface area (Å²) in [6.07, 6.45) is 3.89. The summed E-state index contributed by atoms with van der Waals surface area (Å²) in [5, 5.41) is 7.17. The largest absolute Gasteiger partial charge is 0.313 e. The molecule has 0 saturated heterocycles. The summed E-state index contributed by atoms with van der Waals surface area (Å²) < 4.78 is 0. The fraction of sp³-hybridized carbons (Fsp3) is 0.824. The van der Waals surface area contributed by atoms with E-state index in [1.807, 2.05) is 0 Å². The van der Waals surface area contributed by atoms with Crippen LogP contribution in [0, 0.1) is 18.3 Å². The zero-order valence-corrected chi connectivity index (χ0v) is 15.1. The minimum atomic E-state index is 0.428. The van der Waals surface area contributed by atoms with E-state index < -0.39 is 0 Å². The SMILES string of the molecule is CCCNC1C(CN(C)Cc2csc(C)n2)CCC1(C)C. The van der Waals surface area contributed by atoms with Gasteiger partial charge >= 0.3 is 0 Å². The van der Waals surface area contributed by atoms with Crippen LogP contribution in [0.4, 0.5) is 0 Å². The molecule has 1 N–H and O–H groups in total. The standard InChI is InChI=1S/C17H31N3S/c1-6-9-18-16-14(7-8-17(16,3)4)10-20(5)11-15-12-21-13(2)19-15/h12,14,16,18H,6-11H2,1-5H3. The molecule has 21 heavy (non-hydrogen) atoms. The Hall–Kier alpha value is -0.450. The lowest BCUT2D eigenvalue weighted by atomic mass is 9.84. The molecule has 1 saturated carbocycles. The van der Waals surface area contributed by atoms with Gasteiger partial charge in [-0.05, 0) is 51.1 Å². The number of hydrogen-bond acceptors (Lipinski definition) is 4. The highest BCUT2D eigenvalue weighted by atomic mass is 32.1. The second kappa shape index (κ2) is 7.21. The third-order valence-electron chi connectivity index (χ3n) is 4.73. The quantitative estimate of drug-likeness (QED) is 0.832. The van der Waals surface area contributed by atoms with Crippen molar-refractivity contribution in [2.24, 2.45) is 11.3 Å². The van der Waals surface area contributed by atoms with Gasteiger partial charge in [-0.3, -0.25) is 0 Å². The van der Waals surface area contributed by atoms with Gasteiger partial charge in [-0.15, -0.1) is 11.3 Å². The molecule has 2 rings (SSSR count). The Kier molecular flexibility index (Phi) is 5.81. The first-order valence-electron chi connectivity index (χ1n) is 8.25. The molecule has 1 fully saturated rings. The molecule has 1 aromatic rings. The lowest BCUT2D eigenvalue weighted by Crippen LogP contribution is -2.45. The number of aromatic nitrogens is 1. The molecular formula is C17H31N3S. The van der Waals surface area contributed by atoms with Gasteiger partial charge in [0, 0.05) is 24.5 Å². The zero-order valence-electron chi connectivity index (χ0n) is 14.3. The van der Waals surface area contributed by atoms with Gasteiger partial charge in [-0.2, -0.15) is 0 Å². The minimum Gasteiger partial charge on any atom is -0.313 e. The molecule has 0 aliphatic heterocycles. The van der Waals surface area contributed by atoms with Gasteiger partial charge in [-0.25, -0.2) is 4.98 Å². The van der Waals surface area contributed by atoms with E-state index in [4.69, 9.17) is 0 Å². The fourth-order valence-corrected chi connectivity index (χ4v) is 4.28. The van der Waals surface area contributed by atoms with Crippen LogP contribution in [0.15, 0.2) is 5.38 Å². The Bertz CT molecular complexity index is 441. The van der Waals surface area contributed by atoms with E-state index in [9.17, 15) is 0 Å². The summed E-state index contributed by atoms with van der Waals surface area (Å²) in [5.41, 5.74) is 1.65. The molecule has 0 amide bonds. The van der Waals surface area contributed by atoms with Crippen LogP contribution in [0.3, 0.4) is 0 Å². The van der Waals surface area contributed by atoms with E-state index in [1.54, 1.807) is 11.3 Å². The fourth-order valence-electron chi connectivity index (χ4n) is 3.68. The van der Waals surface area contributed by atoms with Crippen LogP contribution in [0.5, 0.6) is 0 Å². The lowest BCUT2D eigenvalue weighted by Gasteiger charge is -2.33. The lowest BCUT2D eigenvalue weighted by molar-refractivity contribution is 0.199. The molecule has 0 radical (unpaired) electrons. The van der Waals surface area contributed by atoms with Crippen LogP contribution in [-0.2, 0) is 6.54 Å². The third kappa shape index (κ3) is 4.51. The monoisotopic (exact) mass is 309 g/mol. The van der Waals surface area contributed by atoms with E-state index in [2.05, 4.69) is 55.3 Å². The number of aryl methyl sites for hydroxylation is 1. The third-order valence-corrected chi connectivity index (χ3v) is 5.55. The Morgan fingerprint density at radius 1 is 1.48 bits per heavy atom. The van der Waals surface area contributed by atoms with E-state index in [-0.39, 0.29) is 0 Å². The molecule has 4 heteroatoms. The normalized spacial score (nSPS) is 24.9. The maximum atomic E-state index is 4.58. The van der Waals surface area contributed by atoms with E-state index in [0.29, 0.717) is 11.5 Å². The Balaban J connectivity index is 1.90. The summed E-state index contributed by atoms with van der Waals surface area (Å²) in [6.45, 7) is 12.5. The van der Waals surface area contributed by atoms with Gasteiger partial charge in [0.15, 0.2) is 0 Å². The van der Waals surface area contributed by atoms with Crippen molar-refractivity contribution in [3.05, 3.63) is 16.1 Å². The summed E-state index contributed by atoms with van der Waals surface area (Å²) in [4.78, 5) is 7.03. The summed E-state index contributed by atoms with van der Waals surface area (Å²) in [5.74, 6) is 0.760. The molecule has 120 valence electrons. The van der Waals surface area contributed by atoms with Crippen molar-refractivity contribution in [1.82, 2.24) is 15.2 Å². The number of nitrogens with one attached hydrogen (secondary N) is 1. The maximum Gasteiger partial charge on any atom is 0.0897 e. The molecule has 1 aliphatic carbocycles. The molecule has 1 heterocycles. The molecule has 3 nitrogen and oxygen atoms in total. The first-order chi connectivity index (χ1) is 9.92. The van der Waals surface area contributed by atoms with Crippen LogP contribution in [-0.4, -0.2) is 36.1 Å². The van der Waals surface area contributed by atoms with Crippen molar-refractivity contribution in [2.75, 3.05) is 20.1 Å². The highest BCUT2D eigenvalue weighted by Crippen LogP contribution is 2.41. The summed E-state index contributed by atoms with van der Waals surface area (Å²) >= 11 is 1.75. The highest BCUT2D eigenvalue weighted by molar-refractivity contribution is 7.09. The predicted molar refractivity (Wildman–Crippen MR) is 91.8 cm³/mol. The topological polar surface area (TPSA) is 28.2 Å².